The fraction of sp³-hybridized carbons (Fsp3) is 0.733. The molecule has 0 aromatic carbocycles. The highest BCUT2D eigenvalue weighted by molar-refractivity contribution is 7.89. The van der Waals surface area contributed by atoms with E-state index < -0.39 is 10.0 Å². The van der Waals surface area contributed by atoms with Gasteiger partial charge in [-0.15, -0.1) is 0 Å². The summed E-state index contributed by atoms with van der Waals surface area (Å²) in [6, 6.07) is -0.360. The largest absolute Gasteiger partial charge is 0.378 e. The number of hydrogen-bond acceptors (Lipinski definition) is 5. The van der Waals surface area contributed by atoms with Crippen molar-refractivity contribution in [2.24, 2.45) is 0 Å². The molecule has 2 aliphatic rings. The van der Waals surface area contributed by atoms with Crippen molar-refractivity contribution in [3.8, 4) is 0 Å². The Morgan fingerprint density at radius 2 is 2.00 bits per heavy atom. The van der Waals surface area contributed by atoms with Gasteiger partial charge in [0.1, 0.15) is 11.5 Å². The van der Waals surface area contributed by atoms with Gasteiger partial charge >= 0.3 is 0 Å². The number of rotatable bonds is 4. The zero-order valence-corrected chi connectivity index (χ0v) is 15.0. The quantitative estimate of drug-likeness (QED) is 0.783. The summed E-state index contributed by atoms with van der Waals surface area (Å²) in [5.41, 5.74) is 0.383. The van der Waals surface area contributed by atoms with Crippen molar-refractivity contribution in [1.82, 2.24) is 18.8 Å². The fourth-order valence-electron chi connectivity index (χ4n) is 3.26. The lowest BCUT2D eigenvalue weighted by atomic mass is 10.2. The second-order valence-electron chi connectivity index (χ2n) is 6.19. The summed E-state index contributed by atoms with van der Waals surface area (Å²) in [7, 11) is -3.29. The number of ether oxygens (including phenoxy) is 1. The van der Waals surface area contributed by atoms with Crippen LogP contribution in [-0.2, 0) is 21.3 Å². The van der Waals surface area contributed by atoms with Crippen LogP contribution in [0, 0.1) is 0 Å². The molecule has 0 unspecified atom stereocenters. The first-order chi connectivity index (χ1) is 11.4. The van der Waals surface area contributed by atoms with E-state index in [-0.39, 0.29) is 17.7 Å². The molecule has 1 aromatic heterocycles. The first-order valence-electron chi connectivity index (χ1n) is 8.37. The van der Waals surface area contributed by atoms with E-state index >= 15 is 0 Å². The highest BCUT2D eigenvalue weighted by atomic mass is 32.2. The SMILES string of the molecule is CCCS(=O)(=O)N1CCn2cc(C(=O)N3CCOCC3)nc2[C@H]1C. The molecule has 2 aliphatic heterocycles. The van der Waals surface area contributed by atoms with Crippen LogP contribution in [0.3, 0.4) is 0 Å². The molecule has 1 fully saturated rings. The van der Waals surface area contributed by atoms with Crippen LogP contribution in [0.15, 0.2) is 6.20 Å². The van der Waals surface area contributed by atoms with Gasteiger partial charge in [-0.3, -0.25) is 4.79 Å². The second-order valence-corrected chi connectivity index (χ2v) is 8.23. The van der Waals surface area contributed by atoms with E-state index in [1.54, 1.807) is 11.1 Å². The van der Waals surface area contributed by atoms with Crippen molar-refractivity contribution in [1.29, 1.82) is 0 Å². The van der Waals surface area contributed by atoms with E-state index in [0.29, 0.717) is 57.3 Å². The lowest BCUT2D eigenvalue weighted by Gasteiger charge is -2.32. The van der Waals surface area contributed by atoms with Gasteiger partial charge in [0, 0.05) is 32.4 Å². The number of nitrogens with zero attached hydrogens (tertiary/aromatic N) is 4. The minimum absolute atomic E-state index is 0.115. The monoisotopic (exact) mass is 356 g/mol. The first-order valence-corrected chi connectivity index (χ1v) is 9.98. The number of carbonyl (C=O) groups excluding carboxylic acids is 1. The zero-order valence-electron chi connectivity index (χ0n) is 14.1. The van der Waals surface area contributed by atoms with E-state index in [0.717, 1.165) is 0 Å². The lowest BCUT2D eigenvalue weighted by Crippen LogP contribution is -2.42. The number of sulfonamides is 1. The number of amides is 1. The topological polar surface area (TPSA) is 84.7 Å². The van der Waals surface area contributed by atoms with Gasteiger partial charge in [0.05, 0.1) is 25.0 Å². The zero-order chi connectivity index (χ0) is 17.3. The molecule has 3 rings (SSSR count). The number of imidazole rings is 1. The average molecular weight is 356 g/mol. The summed E-state index contributed by atoms with van der Waals surface area (Å²) in [5.74, 6) is 0.658. The van der Waals surface area contributed by atoms with E-state index in [2.05, 4.69) is 4.98 Å². The molecule has 3 heterocycles. The molecule has 0 N–H and O–H groups in total. The van der Waals surface area contributed by atoms with Gasteiger partial charge in [-0.2, -0.15) is 4.31 Å². The predicted molar refractivity (Wildman–Crippen MR) is 88.1 cm³/mol. The molecule has 0 radical (unpaired) electrons. The number of hydrogen-bond donors (Lipinski definition) is 0. The Hall–Kier alpha value is -1.45. The van der Waals surface area contributed by atoms with Crippen molar-refractivity contribution in [2.45, 2.75) is 32.9 Å². The average Bonchev–Trinajstić information content (AvgIpc) is 3.00. The third-order valence-corrected chi connectivity index (χ3v) is 6.65. The van der Waals surface area contributed by atoms with Gasteiger partial charge in [-0.25, -0.2) is 13.4 Å². The summed E-state index contributed by atoms with van der Waals surface area (Å²) >= 11 is 0. The summed E-state index contributed by atoms with van der Waals surface area (Å²) in [5, 5.41) is 0. The van der Waals surface area contributed by atoms with Crippen LogP contribution in [0.4, 0.5) is 0 Å². The maximum absolute atomic E-state index is 12.6. The maximum atomic E-state index is 12.6. The number of morpholine rings is 1. The molecule has 134 valence electrons. The van der Waals surface area contributed by atoms with Gasteiger partial charge in [0.2, 0.25) is 10.0 Å². The van der Waals surface area contributed by atoms with Crippen molar-refractivity contribution >= 4 is 15.9 Å². The molecule has 1 amide bonds. The summed E-state index contributed by atoms with van der Waals surface area (Å²) in [6.07, 6.45) is 2.33. The van der Waals surface area contributed by atoms with Crippen LogP contribution in [0.2, 0.25) is 0 Å². The van der Waals surface area contributed by atoms with Gasteiger partial charge in [-0.1, -0.05) is 6.92 Å². The smallest absolute Gasteiger partial charge is 0.274 e. The molecule has 0 aliphatic carbocycles. The van der Waals surface area contributed by atoms with Crippen molar-refractivity contribution < 1.29 is 17.9 Å². The molecule has 0 saturated carbocycles. The Labute approximate surface area is 142 Å². The molecule has 1 aromatic rings. The Bertz CT molecular complexity index is 709. The maximum Gasteiger partial charge on any atom is 0.274 e. The van der Waals surface area contributed by atoms with Crippen LogP contribution >= 0.6 is 0 Å². The molecule has 0 spiro atoms. The Kier molecular flexibility index (Phi) is 4.93. The van der Waals surface area contributed by atoms with E-state index in [1.165, 1.54) is 4.31 Å². The van der Waals surface area contributed by atoms with Gasteiger partial charge in [-0.05, 0) is 13.3 Å². The summed E-state index contributed by atoms with van der Waals surface area (Å²) in [6.45, 7) is 6.82. The van der Waals surface area contributed by atoms with Crippen LogP contribution in [-0.4, -0.2) is 71.7 Å². The minimum Gasteiger partial charge on any atom is -0.378 e. The van der Waals surface area contributed by atoms with Crippen molar-refractivity contribution in [3.63, 3.8) is 0 Å². The van der Waals surface area contributed by atoms with Crippen LogP contribution in [0.25, 0.3) is 0 Å². The predicted octanol–water partition coefficient (Wildman–Crippen LogP) is 0.472. The molecule has 1 atom stereocenters. The third-order valence-electron chi connectivity index (χ3n) is 4.51. The fourth-order valence-corrected chi connectivity index (χ4v) is 4.94. The molecule has 8 nitrogen and oxygen atoms in total. The first kappa shape index (κ1) is 17.4. The summed E-state index contributed by atoms with van der Waals surface area (Å²) in [4.78, 5) is 18.8. The highest BCUT2D eigenvalue weighted by Gasteiger charge is 2.35. The molecular formula is C15H24N4O4S. The number of aromatic nitrogens is 2. The van der Waals surface area contributed by atoms with Crippen molar-refractivity contribution in [3.05, 3.63) is 17.7 Å². The second kappa shape index (κ2) is 6.81. The van der Waals surface area contributed by atoms with E-state index in [9.17, 15) is 13.2 Å². The van der Waals surface area contributed by atoms with E-state index in [1.807, 2.05) is 18.4 Å². The van der Waals surface area contributed by atoms with Gasteiger partial charge in [0.25, 0.3) is 5.91 Å². The van der Waals surface area contributed by atoms with Gasteiger partial charge in [0.15, 0.2) is 0 Å². The highest BCUT2D eigenvalue weighted by Crippen LogP contribution is 2.28. The number of fused-ring (bicyclic) bond motifs is 1. The number of carbonyl (C=O) groups is 1. The standard InChI is InChI=1S/C15H24N4O4S/c1-3-10-24(21,22)19-5-4-18-11-13(16-14(18)12(19)2)15(20)17-6-8-23-9-7-17/h11-12H,3-10H2,1-2H3/t12-/m1/s1. The molecular weight excluding hydrogens is 332 g/mol. The van der Waals surface area contributed by atoms with Crippen LogP contribution in [0.1, 0.15) is 42.6 Å². The molecule has 9 heteroatoms. The minimum atomic E-state index is -3.29. The third kappa shape index (κ3) is 3.20. The molecule has 1 saturated heterocycles. The Morgan fingerprint density at radius 1 is 1.29 bits per heavy atom. The van der Waals surface area contributed by atoms with Gasteiger partial charge < -0.3 is 14.2 Å². The normalized spacial score (nSPS) is 22.4. The van der Waals surface area contributed by atoms with Crippen LogP contribution in [0.5, 0.6) is 0 Å². The Balaban J connectivity index is 1.82. The summed E-state index contributed by atoms with van der Waals surface area (Å²) < 4.78 is 33.5. The Morgan fingerprint density at radius 3 is 2.67 bits per heavy atom. The van der Waals surface area contributed by atoms with E-state index in [4.69, 9.17) is 4.74 Å². The van der Waals surface area contributed by atoms with Crippen LogP contribution < -0.4 is 0 Å². The lowest BCUT2D eigenvalue weighted by molar-refractivity contribution is 0.0299. The molecule has 24 heavy (non-hydrogen) atoms. The van der Waals surface area contributed by atoms with Crippen molar-refractivity contribution in [2.75, 3.05) is 38.6 Å². The molecule has 0 bridgehead atoms.